The number of nitrogens with zero attached hydrogens (tertiary/aromatic N) is 1. The van der Waals surface area contributed by atoms with Gasteiger partial charge in [-0.3, -0.25) is 4.79 Å². The summed E-state index contributed by atoms with van der Waals surface area (Å²) in [5.74, 6) is 0.265. The molecule has 18 heavy (non-hydrogen) atoms. The minimum atomic E-state index is -0.633. The van der Waals surface area contributed by atoms with Crippen LogP contribution in [0.4, 0.5) is 0 Å². The van der Waals surface area contributed by atoms with Crippen molar-refractivity contribution in [3.05, 3.63) is 28.8 Å². The van der Waals surface area contributed by atoms with Crippen LogP contribution in [-0.4, -0.2) is 36.0 Å². The van der Waals surface area contributed by atoms with Crippen LogP contribution in [0.5, 0.6) is 5.75 Å². The van der Waals surface area contributed by atoms with Crippen molar-refractivity contribution in [1.82, 2.24) is 4.90 Å². The van der Waals surface area contributed by atoms with Gasteiger partial charge in [-0.15, -0.1) is 0 Å². The van der Waals surface area contributed by atoms with Crippen LogP contribution >= 0.6 is 23.8 Å². The van der Waals surface area contributed by atoms with E-state index in [0.717, 1.165) is 0 Å². The molecule has 0 saturated heterocycles. The van der Waals surface area contributed by atoms with Gasteiger partial charge in [0.25, 0.3) is 5.91 Å². The Morgan fingerprint density at radius 3 is 2.61 bits per heavy atom. The highest BCUT2D eigenvalue weighted by Gasteiger charge is 2.18. The van der Waals surface area contributed by atoms with E-state index in [1.807, 2.05) is 0 Å². The largest absolute Gasteiger partial charge is 0.480 e. The first-order chi connectivity index (χ1) is 8.32. The number of hydrogen-bond acceptors (Lipinski definition) is 3. The van der Waals surface area contributed by atoms with E-state index in [-0.39, 0.29) is 10.9 Å². The van der Waals surface area contributed by atoms with Gasteiger partial charge in [0.1, 0.15) is 10.7 Å². The maximum atomic E-state index is 11.7. The molecule has 1 amide bonds. The summed E-state index contributed by atoms with van der Waals surface area (Å²) in [6.45, 7) is 1.66. The highest BCUT2D eigenvalue weighted by atomic mass is 35.5. The minimum absolute atomic E-state index is 0.149. The van der Waals surface area contributed by atoms with E-state index >= 15 is 0 Å². The summed E-state index contributed by atoms with van der Waals surface area (Å²) in [4.78, 5) is 13.4. The number of halogens is 1. The normalized spacial score (nSPS) is 11.8. The number of likely N-dealkylation sites (N-methyl/N-ethyl adjacent to an activating group) is 1. The molecule has 1 rings (SSSR count). The fraction of sp³-hybridized carbons (Fsp3) is 0.333. The Bertz CT molecular complexity index is 477. The van der Waals surface area contributed by atoms with Crippen LogP contribution < -0.4 is 10.5 Å². The predicted molar refractivity (Wildman–Crippen MR) is 76.1 cm³/mol. The number of rotatable bonds is 4. The fourth-order valence-corrected chi connectivity index (χ4v) is 1.73. The number of carbonyl (C=O) groups is 1. The van der Waals surface area contributed by atoms with Crippen LogP contribution in [0.3, 0.4) is 0 Å². The molecule has 1 aromatic rings. The standard InChI is InChI=1S/C12H15ClN2O2S/c1-7(12(16)15(2)3)17-10-6-8(13)4-5-9(10)11(14)18/h4-7H,1-3H3,(H2,14,18). The molecule has 6 heteroatoms. The van der Waals surface area contributed by atoms with E-state index < -0.39 is 6.10 Å². The SMILES string of the molecule is CC(Oc1cc(Cl)ccc1C(N)=S)C(=O)N(C)C. The van der Waals surface area contributed by atoms with Gasteiger partial charge in [-0.05, 0) is 25.1 Å². The highest BCUT2D eigenvalue weighted by molar-refractivity contribution is 7.80. The van der Waals surface area contributed by atoms with E-state index in [1.165, 1.54) is 4.90 Å². The van der Waals surface area contributed by atoms with Crippen molar-refractivity contribution in [1.29, 1.82) is 0 Å². The Hall–Kier alpha value is -1.33. The van der Waals surface area contributed by atoms with Crippen molar-refractivity contribution in [2.24, 2.45) is 5.73 Å². The summed E-state index contributed by atoms with van der Waals surface area (Å²) in [5, 5.41) is 0.495. The van der Waals surface area contributed by atoms with Gasteiger partial charge >= 0.3 is 0 Å². The van der Waals surface area contributed by atoms with Crippen molar-refractivity contribution < 1.29 is 9.53 Å². The van der Waals surface area contributed by atoms with Crippen molar-refractivity contribution in [2.45, 2.75) is 13.0 Å². The number of nitrogens with two attached hydrogens (primary N) is 1. The Balaban J connectivity index is 2.99. The van der Waals surface area contributed by atoms with Crippen molar-refractivity contribution in [3.8, 4) is 5.75 Å². The number of thiocarbonyl (C=S) groups is 1. The molecule has 1 unspecified atom stereocenters. The van der Waals surface area contributed by atoms with Gasteiger partial charge in [0.05, 0.1) is 5.56 Å². The summed E-state index contributed by atoms with van der Waals surface area (Å²) < 4.78 is 5.57. The van der Waals surface area contributed by atoms with Crippen LogP contribution in [0.1, 0.15) is 12.5 Å². The summed E-state index contributed by atoms with van der Waals surface area (Å²) in [7, 11) is 3.32. The van der Waals surface area contributed by atoms with E-state index in [1.54, 1.807) is 39.2 Å². The maximum Gasteiger partial charge on any atom is 0.262 e. The summed E-state index contributed by atoms with van der Waals surface area (Å²) >= 11 is 10.8. The number of carbonyl (C=O) groups excluding carboxylic acids is 1. The molecule has 4 nitrogen and oxygen atoms in total. The lowest BCUT2D eigenvalue weighted by atomic mass is 10.2. The quantitative estimate of drug-likeness (QED) is 0.858. The molecule has 0 aliphatic heterocycles. The number of hydrogen-bond donors (Lipinski definition) is 1. The Labute approximate surface area is 117 Å². The van der Waals surface area contributed by atoms with Crippen molar-refractivity contribution in [3.63, 3.8) is 0 Å². The molecular weight excluding hydrogens is 272 g/mol. The van der Waals surface area contributed by atoms with E-state index in [9.17, 15) is 4.79 Å². The van der Waals surface area contributed by atoms with Gasteiger partial charge in [-0.25, -0.2) is 0 Å². The lowest BCUT2D eigenvalue weighted by molar-refractivity contribution is -0.135. The van der Waals surface area contributed by atoms with Gasteiger partial charge in [0, 0.05) is 19.1 Å². The second-order valence-electron chi connectivity index (χ2n) is 4.00. The molecule has 0 saturated carbocycles. The number of ether oxygens (including phenoxy) is 1. The summed E-state index contributed by atoms with van der Waals surface area (Å²) in [6, 6.07) is 4.93. The number of amides is 1. The molecule has 0 aromatic heterocycles. The topological polar surface area (TPSA) is 55.6 Å². The average Bonchev–Trinajstić information content (AvgIpc) is 2.27. The smallest absolute Gasteiger partial charge is 0.262 e. The van der Waals surface area contributed by atoms with Crippen LogP contribution in [0.15, 0.2) is 18.2 Å². The lowest BCUT2D eigenvalue weighted by Crippen LogP contribution is -2.35. The zero-order chi connectivity index (χ0) is 13.9. The molecule has 1 atom stereocenters. The van der Waals surface area contributed by atoms with Gasteiger partial charge < -0.3 is 15.4 Å². The molecule has 0 spiro atoms. The molecule has 0 aliphatic rings. The second kappa shape index (κ2) is 6.02. The van der Waals surface area contributed by atoms with Crippen LogP contribution in [0, 0.1) is 0 Å². The molecule has 98 valence electrons. The molecule has 0 radical (unpaired) electrons. The maximum absolute atomic E-state index is 11.7. The Kier molecular flexibility index (Phi) is 4.93. The fourth-order valence-electron chi connectivity index (χ4n) is 1.40. The monoisotopic (exact) mass is 286 g/mol. The zero-order valence-corrected chi connectivity index (χ0v) is 12.0. The van der Waals surface area contributed by atoms with Gasteiger partial charge in [0.2, 0.25) is 0 Å². The number of benzene rings is 1. The minimum Gasteiger partial charge on any atom is -0.480 e. The van der Waals surface area contributed by atoms with E-state index in [4.69, 9.17) is 34.3 Å². The Morgan fingerprint density at radius 2 is 2.11 bits per heavy atom. The third-order valence-corrected chi connectivity index (χ3v) is 2.76. The van der Waals surface area contributed by atoms with Gasteiger partial charge in [-0.2, -0.15) is 0 Å². The molecular formula is C12H15ClN2O2S. The third-order valence-electron chi connectivity index (χ3n) is 2.30. The molecule has 0 aliphatic carbocycles. The molecule has 2 N–H and O–H groups in total. The first-order valence-corrected chi connectivity index (χ1v) is 6.08. The molecule has 0 fully saturated rings. The third kappa shape index (κ3) is 3.58. The lowest BCUT2D eigenvalue weighted by Gasteiger charge is -2.19. The summed E-state index contributed by atoms with van der Waals surface area (Å²) in [6.07, 6.45) is -0.633. The van der Waals surface area contributed by atoms with E-state index in [0.29, 0.717) is 16.3 Å². The predicted octanol–water partition coefficient (Wildman–Crippen LogP) is 1.83. The Morgan fingerprint density at radius 1 is 1.50 bits per heavy atom. The van der Waals surface area contributed by atoms with Crippen LogP contribution in [0.2, 0.25) is 5.02 Å². The first kappa shape index (κ1) is 14.7. The molecule has 1 aromatic carbocycles. The van der Waals surface area contributed by atoms with Crippen LogP contribution in [-0.2, 0) is 4.79 Å². The first-order valence-electron chi connectivity index (χ1n) is 5.30. The second-order valence-corrected chi connectivity index (χ2v) is 4.87. The molecule has 0 bridgehead atoms. The zero-order valence-electron chi connectivity index (χ0n) is 10.4. The van der Waals surface area contributed by atoms with Gasteiger partial charge in [-0.1, -0.05) is 23.8 Å². The van der Waals surface area contributed by atoms with Crippen molar-refractivity contribution >= 4 is 34.7 Å². The van der Waals surface area contributed by atoms with Crippen LogP contribution in [0.25, 0.3) is 0 Å². The summed E-state index contributed by atoms with van der Waals surface area (Å²) in [5.41, 5.74) is 6.15. The highest BCUT2D eigenvalue weighted by Crippen LogP contribution is 2.24. The van der Waals surface area contributed by atoms with Gasteiger partial charge in [0.15, 0.2) is 6.10 Å². The average molecular weight is 287 g/mol. The van der Waals surface area contributed by atoms with E-state index in [2.05, 4.69) is 0 Å². The van der Waals surface area contributed by atoms with Crippen molar-refractivity contribution in [2.75, 3.05) is 14.1 Å². The molecule has 0 heterocycles.